The maximum absolute atomic E-state index is 12.0. The third-order valence-corrected chi connectivity index (χ3v) is 3.35. The third-order valence-electron chi connectivity index (χ3n) is 3.35. The molecule has 2 fully saturated rings. The molecular formula is C11H15N3O5. The summed E-state index contributed by atoms with van der Waals surface area (Å²) in [5.74, 6) is -2.32. The predicted molar refractivity (Wildman–Crippen MR) is 62.1 cm³/mol. The largest absolute Gasteiger partial charge is 0.481 e. The Labute approximate surface area is 109 Å². The summed E-state index contributed by atoms with van der Waals surface area (Å²) in [7, 11) is 0. The van der Waals surface area contributed by atoms with Crippen LogP contribution in [0.1, 0.15) is 12.8 Å². The van der Waals surface area contributed by atoms with E-state index in [0.29, 0.717) is 19.4 Å². The highest BCUT2D eigenvalue weighted by Crippen LogP contribution is 2.17. The standard InChI is InChI=1S/C11H15N3O5/c15-8-4-12-11(19)14(8)6-9(16)13-3-1-2-7(5-13)10(17)18/h7H,1-6H2,(H,12,19)(H,17,18)/t7-/m1/s1. The maximum atomic E-state index is 12.0. The van der Waals surface area contributed by atoms with Crippen molar-refractivity contribution in [2.75, 3.05) is 26.2 Å². The first kappa shape index (κ1) is 13.3. The van der Waals surface area contributed by atoms with Gasteiger partial charge in [-0.2, -0.15) is 0 Å². The molecule has 2 aliphatic rings. The monoisotopic (exact) mass is 269 g/mol. The topological polar surface area (TPSA) is 107 Å². The second kappa shape index (κ2) is 5.25. The molecule has 2 saturated heterocycles. The summed E-state index contributed by atoms with van der Waals surface area (Å²) in [5, 5.41) is 11.3. The van der Waals surface area contributed by atoms with Crippen LogP contribution in [0, 0.1) is 5.92 Å². The molecule has 0 saturated carbocycles. The van der Waals surface area contributed by atoms with E-state index >= 15 is 0 Å². The minimum Gasteiger partial charge on any atom is -0.481 e. The number of carbonyl (C=O) groups is 4. The number of nitrogens with zero attached hydrogens (tertiary/aromatic N) is 2. The minimum absolute atomic E-state index is 0.0934. The lowest BCUT2D eigenvalue weighted by molar-refractivity contribution is -0.146. The Balaban J connectivity index is 1.94. The summed E-state index contributed by atoms with van der Waals surface area (Å²) in [6, 6.07) is -0.579. The van der Waals surface area contributed by atoms with Gasteiger partial charge in [0.2, 0.25) is 5.91 Å². The summed E-state index contributed by atoms with van der Waals surface area (Å²) in [6.45, 7) is 0.185. The van der Waals surface area contributed by atoms with Gasteiger partial charge in [0.1, 0.15) is 6.54 Å². The van der Waals surface area contributed by atoms with Crippen LogP contribution in [-0.2, 0) is 14.4 Å². The zero-order valence-corrected chi connectivity index (χ0v) is 10.3. The molecule has 2 aliphatic heterocycles. The molecule has 0 aromatic rings. The van der Waals surface area contributed by atoms with E-state index in [9.17, 15) is 19.2 Å². The SMILES string of the molecule is O=C(O)[C@@H]1CCCN(C(=O)CN2C(=O)CNC2=O)C1. The number of rotatable bonds is 3. The summed E-state index contributed by atoms with van der Waals surface area (Å²) in [6.07, 6.45) is 1.16. The second-order valence-corrected chi connectivity index (χ2v) is 4.66. The smallest absolute Gasteiger partial charge is 0.325 e. The number of carboxylic acids is 1. The number of amides is 4. The van der Waals surface area contributed by atoms with Crippen molar-refractivity contribution in [1.29, 1.82) is 0 Å². The zero-order chi connectivity index (χ0) is 14.0. The quantitative estimate of drug-likeness (QED) is 0.630. The molecular weight excluding hydrogens is 254 g/mol. The van der Waals surface area contributed by atoms with E-state index in [4.69, 9.17) is 5.11 Å². The van der Waals surface area contributed by atoms with Gasteiger partial charge in [0.15, 0.2) is 0 Å². The number of nitrogens with one attached hydrogen (secondary N) is 1. The van der Waals surface area contributed by atoms with Crippen molar-refractivity contribution in [2.45, 2.75) is 12.8 Å². The molecule has 2 rings (SSSR count). The number of urea groups is 1. The molecule has 19 heavy (non-hydrogen) atoms. The molecule has 8 nitrogen and oxygen atoms in total. The van der Waals surface area contributed by atoms with Crippen LogP contribution in [0.15, 0.2) is 0 Å². The van der Waals surface area contributed by atoms with E-state index in [1.165, 1.54) is 4.90 Å². The van der Waals surface area contributed by atoms with E-state index in [-0.39, 0.29) is 19.6 Å². The Morgan fingerprint density at radius 2 is 2.11 bits per heavy atom. The lowest BCUT2D eigenvalue weighted by Crippen LogP contribution is -2.47. The van der Waals surface area contributed by atoms with Gasteiger partial charge in [0.25, 0.3) is 5.91 Å². The predicted octanol–water partition coefficient (Wildman–Crippen LogP) is -1.14. The first-order chi connectivity index (χ1) is 8.99. The number of hydrogen-bond donors (Lipinski definition) is 2. The van der Waals surface area contributed by atoms with Gasteiger partial charge in [-0.15, -0.1) is 0 Å². The van der Waals surface area contributed by atoms with Crippen molar-refractivity contribution < 1.29 is 24.3 Å². The van der Waals surface area contributed by atoms with Crippen LogP contribution in [0.4, 0.5) is 4.79 Å². The van der Waals surface area contributed by atoms with Gasteiger partial charge in [-0.1, -0.05) is 0 Å². The fourth-order valence-electron chi connectivity index (χ4n) is 2.26. The van der Waals surface area contributed by atoms with Crippen LogP contribution >= 0.6 is 0 Å². The Morgan fingerprint density at radius 1 is 1.37 bits per heavy atom. The van der Waals surface area contributed by atoms with Crippen LogP contribution in [0.25, 0.3) is 0 Å². The summed E-state index contributed by atoms with van der Waals surface area (Å²) in [5.41, 5.74) is 0. The molecule has 8 heteroatoms. The van der Waals surface area contributed by atoms with Crippen LogP contribution in [-0.4, -0.2) is 64.9 Å². The number of carboxylic acid groups (broad SMARTS) is 1. The second-order valence-electron chi connectivity index (χ2n) is 4.66. The molecule has 0 aliphatic carbocycles. The molecule has 0 aromatic heterocycles. The van der Waals surface area contributed by atoms with E-state index in [1.54, 1.807) is 0 Å². The van der Waals surface area contributed by atoms with Gasteiger partial charge in [-0.3, -0.25) is 19.3 Å². The van der Waals surface area contributed by atoms with E-state index < -0.39 is 29.7 Å². The molecule has 0 spiro atoms. The van der Waals surface area contributed by atoms with E-state index in [2.05, 4.69) is 5.32 Å². The molecule has 0 radical (unpaired) electrons. The summed E-state index contributed by atoms with van der Waals surface area (Å²) >= 11 is 0. The fraction of sp³-hybridized carbons (Fsp3) is 0.636. The van der Waals surface area contributed by atoms with Crippen molar-refractivity contribution in [3.05, 3.63) is 0 Å². The van der Waals surface area contributed by atoms with Gasteiger partial charge < -0.3 is 15.3 Å². The molecule has 0 unspecified atom stereocenters. The Morgan fingerprint density at radius 3 is 2.68 bits per heavy atom. The van der Waals surface area contributed by atoms with Crippen molar-refractivity contribution in [1.82, 2.24) is 15.1 Å². The van der Waals surface area contributed by atoms with E-state index in [0.717, 1.165) is 4.90 Å². The van der Waals surface area contributed by atoms with Crippen LogP contribution in [0.5, 0.6) is 0 Å². The lowest BCUT2D eigenvalue weighted by Gasteiger charge is -2.31. The van der Waals surface area contributed by atoms with Crippen molar-refractivity contribution in [3.63, 3.8) is 0 Å². The lowest BCUT2D eigenvalue weighted by atomic mass is 9.98. The van der Waals surface area contributed by atoms with Crippen LogP contribution < -0.4 is 5.32 Å². The average Bonchev–Trinajstić information content (AvgIpc) is 2.70. The van der Waals surface area contributed by atoms with Gasteiger partial charge >= 0.3 is 12.0 Å². The summed E-state index contributed by atoms with van der Waals surface area (Å²) in [4.78, 5) is 47.8. The van der Waals surface area contributed by atoms with Crippen LogP contribution in [0.3, 0.4) is 0 Å². The number of likely N-dealkylation sites (tertiary alicyclic amines) is 1. The number of piperidine rings is 1. The third kappa shape index (κ3) is 2.83. The van der Waals surface area contributed by atoms with Gasteiger partial charge in [-0.25, -0.2) is 4.79 Å². The Hall–Kier alpha value is -2.12. The molecule has 0 bridgehead atoms. The van der Waals surface area contributed by atoms with Crippen LogP contribution in [0.2, 0.25) is 0 Å². The highest BCUT2D eigenvalue weighted by atomic mass is 16.4. The van der Waals surface area contributed by atoms with Gasteiger partial charge in [-0.05, 0) is 12.8 Å². The molecule has 2 N–H and O–H groups in total. The molecule has 4 amide bonds. The zero-order valence-electron chi connectivity index (χ0n) is 10.3. The molecule has 0 aromatic carbocycles. The fourth-order valence-corrected chi connectivity index (χ4v) is 2.26. The normalized spacial score (nSPS) is 23.5. The number of aliphatic carboxylic acids is 1. The number of hydrogen-bond acceptors (Lipinski definition) is 4. The Kier molecular flexibility index (Phi) is 3.68. The minimum atomic E-state index is -0.924. The van der Waals surface area contributed by atoms with E-state index in [1.807, 2.05) is 0 Å². The highest BCUT2D eigenvalue weighted by Gasteiger charge is 2.34. The number of imide groups is 1. The molecule has 1 atom stereocenters. The molecule has 104 valence electrons. The first-order valence-corrected chi connectivity index (χ1v) is 6.08. The average molecular weight is 269 g/mol. The van der Waals surface area contributed by atoms with Crippen molar-refractivity contribution >= 4 is 23.8 Å². The van der Waals surface area contributed by atoms with Crippen molar-refractivity contribution in [2.24, 2.45) is 5.92 Å². The maximum Gasteiger partial charge on any atom is 0.325 e. The van der Waals surface area contributed by atoms with Gasteiger partial charge in [0, 0.05) is 13.1 Å². The van der Waals surface area contributed by atoms with Gasteiger partial charge in [0.05, 0.1) is 12.5 Å². The first-order valence-electron chi connectivity index (χ1n) is 6.08. The highest BCUT2D eigenvalue weighted by molar-refractivity contribution is 6.04. The number of carbonyl (C=O) groups excluding carboxylic acids is 3. The summed E-state index contributed by atoms with van der Waals surface area (Å²) < 4.78 is 0. The molecule has 2 heterocycles. The van der Waals surface area contributed by atoms with Crippen molar-refractivity contribution in [3.8, 4) is 0 Å². The Bertz CT molecular complexity index is 420.